The van der Waals surface area contributed by atoms with Crippen LogP contribution in [0.15, 0.2) is 28.7 Å². The summed E-state index contributed by atoms with van der Waals surface area (Å²) in [6, 6.07) is 8.01. The summed E-state index contributed by atoms with van der Waals surface area (Å²) in [4.78, 5) is 19.4. The van der Waals surface area contributed by atoms with Crippen LogP contribution in [-0.4, -0.2) is 86.2 Å². The number of halogens is 1. The van der Waals surface area contributed by atoms with Crippen molar-refractivity contribution in [2.75, 3.05) is 65.6 Å². The highest BCUT2D eigenvalue weighted by Gasteiger charge is 2.21. The molecule has 1 aromatic carbocycles. The van der Waals surface area contributed by atoms with Gasteiger partial charge in [0.05, 0.1) is 19.6 Å². The first-order valence-corrected chi connectivity index (χ1v) is 9.55. The summed E-state index contributed by atoms with van der Waals surface area (Å²) in [5, 5.41) is 0. The van der Waals surface area contributed by atoms with Gasteiger partial charge in [-0.05, 0) is 17.7 Å². The van der Waals surface area contributed by atoms with Gasteiger partial charge in [-0.15, -0.1) is 0 Å². The Labute approximate surface area is 152 Å². The molecule has 2 aliphatic rings. The molecule has 0 radical (unpaired) electrons. The van der Waals surface area contributed by atoms with Crippen molar-refractivity contribution in [1.29, 1.82) is 0 Å². The molecule has 0 atom stereocenters. The Balaban J connectivity index is 1.38. The van der Waals surface area contributed by atoms with Crippen LogP contribution in [0.4, 0.5) is 0 Å². The van der Waals surface area contributed by atoms with Crippen LogP contribution in [0.3, 0.4) is 0 Å². The van der Waals surface area contributed by atoms with Gasteiger partial charge in [0.2, 0.25) is 5.91 Å². The van der Waals surface area contributed by atoms with Gasteiger partial charge >= 0.3 is 0 Å². The molecule has 1 aromatic rings. The minimum atomic E-state index is 0.237. The number of ether oxygens (including phenoxy) is 1. The van der Waals surface area contributed by atoms with E-state index in [1.807, 2.05) is 29.2 Å². The third-order valence-electron chi connectivity index (χ3n) is 4.81. The van der Waals surface area contributed by atoms with E-state index in [-0.39, 0.29) is 5.91 Å². The third-order valence-corrected chi connectivity index (χ3v) is 5.30. The predicted molar refractivity (Wildman–Crippen MR) is 98.1 cm³/mol. The summed E-state index contributed by atoms with van der Waals surface area (Å²) >= 11 is 3.46. The molecule has 24 heavy (non-hydrogen) atoms. The van der Waals surface area contributed by atoms with Crippen LogP contribution in [0.5, 0.6) is 0 Å². The number of rotatable bonds is 5. The van der Waals surface area contributed by atoms with Crippen molar-refractivity contribution in [3.63, 3.8) is 0 Å². The zero-order valence-electron chi connectivity index (χ0n) is 14.1. The topological polar surface area (TPSA) is 36.0 Å². The maximum absolute atomic E-state index is 12.5. The molecule has 0 bridgehead atoms. The molecule has 2 aliphatic heterocycles. The molecule has 3 rings (SSSR count). The highest BCUT2D eigenvalue weighted by Crippen LogP contribution is 2.13. The van der Waals surface area contributed by atoms with E-state index < -0.39 is 0 Å². The first kappa shape index (κ1) is 17.9. The second-order valence-corrected chi connectivity index (χ2v) is 7.40. The summed E-state index contributed by atoms with van der Waals surface area (Å²) in [6.07, 6.45) is 0.493. The van der Waals surface area contributed by atoms with E-state index in [0.717, 1.165) is 75.6 Å². The van der Waals surface area contributed by atoms with Crippen molar-refractivity contribution in [1.82, 2.24) is 14.7 Å². The fraction of sp³-hybridized carbons (Fsp3) is 0.611. The maximum atomic E-state index is 12.5. The van der Waals surface area contributed by atoms with Gasteiger partial charge in [-0.2, -0.15) is 0 Å². The highest BCUT2D eigenvalue weighted by molar-refractivity contribution is 9.10. The average Bonchev–Trinajstić information content (AvgIpc) is 2.61. The highest BCUT2D eigenvalue weighted by atomic mass is 79.9. The fourth-order valence-electron chi connectivity index (χ4n) is 3.26. The number of morpholine rings is 1. The summed E-state index contributed by atoms with van der Waals surface area (Å²) in [5.41, 5.74) is 1.07. The second-order valence-electron chi connectivity index (χ2n) is 6.48. The molecule has 2 fully saturated rings. The van der Waals surface area contributed by atoms with E-state index >= 15 is 0 Å². The van der Waals surface area contributed by atoms with Gasteiger partial charge in [-0.1, -0.05) is 28.1 Å². The molecule has 0 spiro atoms. The average molecular weight is 396 g/mol. The standard InChI is InChI=1S/C18H26BrN3O2/c19-17-3-1-2-16(14-17)15-18(23)22-8-6-20(7-9-22)4-5-21-10-12-24-13-11-21/h1-3,14H,4-13,15H2. The van der Waals surface area contributed by atoms with Crippen molar-refractivity contribution in [2.45, 2.75) is 6.42 Å². The van der Waals surface area contributed by atoms with Crippen molar-refractivity contribution in [2.24, 2.45) is 0 Å². The molecule has 0 aliphatic carbocycles. The molecule has 1 amide bonds. The number of benzene rings is 1. The molecule has 0 unspecified atom stereocenters. The van der Waals surface area contributed by atoms with E-state index in [4.69, 9.17) is 4.74 Å². The van der Waals surface area contributed by atoms with E-state index in [2.05, 4.69) is 25.7 Å². The summed E-state index contributed by atoms with van der Waals surface area (Å²) < 4.78 is 6.41. The lowest BCUT2D eigenvalue weighted by Crippen LogP contribution is -2.51. The van der Waals surface area contributed by atoms with Gasteiger partial charge in [0.15, 0.2) is 0 Å². The molecular weight excluding hydrogens is 370 g/mol. The Morgan fingerprint density at radius 2 is 1.67 bits per heavy atom. The SMILES string of the molecule is O=C(Cc1cccc(Br)c1)N1CCN(CCN2CCOCC2)CC1. The first-order valence-electron chi connectivity index (χ1n) is 8.75. The number of hydrogen-bond donors (Lipinski definition) is 0. The van der Waals surface area contributed by atoms with Crippen LogP contribution in [0.25, 0.3) is 0 Å². The zero-order chi connectivity index (χ0) is 16.8. The van der Waals surface area contributed by atoms with Crippen LogP contribution in [0.1, 0.15) is 5.56 Å². The van der Waals surface area contributed by atoms with Crippen LogP contribution in [-0.2, 0) is 16.0 Å². The quantitative estimate of drug-likeness (QED) is 0.756. The van der Waals surface area contributed by atoms with Gasteiger partial charge in [0.1, 0.15) is 0 Å². The maximum Gasteiger partial charge on any atom is 0.227 e. The van der Waals surface area contributed by atoms with Gasteiger partial charge < -0.3 is 9.64 Å². The molecule has 2 saturated heterocycles. The minimum Gasteiger partial charge on any atom is -0.379 e. The lowest BCUT2D eigenvalue weighted by molar-refractivity contribution is -0.132. The van der Waals surface area contributed by atoms with E-state index in [1.165, 1.54) is 0 Å². The predicted octanol–water partition coefficient (Wildman–Crippen LogP) is 1.47. The fourth-order valence-corrected chi connectivity index (χ4v) is 3.71. The number of hydrogen-bond acceptors (Lipinski definition) is 4. The van der Waals surface area contributed by atoms with Crippen molar-refractivity contribution < 1.29 is 9.53 Å². The smallest absolute Gasteiger partial charge is 0.227 e. The number of piperazine rings is 1. The molecule has 0 saturated carbocycles. The lowest BCUT2D eigenvalue weighted by Gasteiger charge is -2.36. The van der Waals surface area contributed by atoms with E-state index in [9.17, 15) is 4.79 Å². The van der Waals surface area contributed by atoms with Crippen LogP contribution < -0.4 is 0 Å². The molecule has 6 heteroatoms. The van der Waals surface area contributed by atoms with Gasteiger partial charge in [0.25, 0.3) is 0 Å². The van der Waals surface area contributed by atoms with Gasteiger partial charge in [0, 0.05) is 56.8 Å². The van der Waals surface area contributed by atoms with Gasteiger partial charge in [-0.25, -0.2) is 0 Å². The van der Waals surface area contributed by atoms with Crippen molar-refractivity contribution in [3.05, 3.63) is 34.3 Å². The Bertz CT molecular complexity index is 541. The Hall–Kier alpha value is -0.950. The van der Waals surface area contributed by atoms with Crippen molar-refractivity contribution >= 4 is 21.8 Å². The normalized spacial score (nSPS) is 20.3. The van der Waals surface area contributed by atoms with Crippen LogP contribution in [0, 0.1) is 0 Å². The number of nitrogens with zero attached hydrogens (tertiary/aromatic N) is 3. The zero-order valence-corrected chi connectivity index (χ0v) is 15.7. The molecule has 132 valence electrons. The molecule has 2 heterocycles. The number of amides is 1. The summed E-state index contributed by atoms with van der Waals surface area (Å²) in [7, 11) is 0. The largest absolute Gasteiger partial charge is 0.379 e. The summed E-state index contributed by atoms with van der Waals surface area (Å²) in [5.74, 6) is 0.237. The number of carbonyl (C=O) groups excluding carboxylic acids is 1. The first-order chi connectivity index (χ1) is 11.7. The lowest BCUT2D eigenvalue weighted by atomic mass is 10.1. The van der Waals surface area contributed by atoms with Crippen LogP contribution >= 0.6 is 15.9 Å². The van der Waals surface area contributed by atoms with E-state index in [1.54, 1.807) is 0 Å². The third kappa shape index (κ3) is 5.28. The number of carbonyl (C=O) groups is 1. The van der Waals surface area contributed by atoms with Gasteiger partial charge in [-0.3, -0.25) is 14.6 Å². The molecule has 0 aromatic heterocycles. The van der Waals surface area contributed by atoms with E-state index in [0.29, 0.717) is 6.42 Å². The molecule has 0 N–H and O–H groups in total. The molecular formula is C18H26BrN3O2. The Morgan fingerprint density at radius 1 is 1.00 bits per heavy atom. The van der Waals surface area contributed by atoms with Crippen LogP contribution in [0.2, 0.25) is 0 Å². The Morgan fingerprint density at radius 3 is 2.33 bits per heavy atom. The monoisotopic (exact) mass is 395 g/mol. The summed E-state index contributed by atoms with van der Waals surface area (Å²) in [6.45, 7) is 9.66. The van der Waals surface area contributed by atoms with Crippen molar-refractivity contribution in [3.8, 4) is 0 Å². The second kappa shape index (κ2) is 8.94. The Kier molecular flexibility index (Phi) is 6.66. The minimum absolute atomic E-state index is 0.237. The molecule has 5 nitrogen and oxygen atoms in total.